The smallest absolute Gasteiger partial charge is 0.0862 e. The Bertz CT molecular complexity index is 358. The predicted molar refractivity (Wildman–Crippen MR) is 56.8 cm³/mol. The van der Waals surface area contributed by atoms with Crippen LogP contribution in [0.15, 0.2) is 30.3 Å². The Morgan fingerprint density at radius 2 is 2.07 bits per heavy atom. The minimum atomic E-state index is -0.487. The van der Waals surface area contributed by atoms with E-state index in [0.29, 0.717) is 13.1 Å². The van der Waals surface area contributed by atoms with Gasteiger partial charge < -0.3 is 5.11 Å². The minimum absolute atomic E-state index is 0.228. The monoisotopic (exact) mass is 202 g/mol. The molecule has 0 aromatic heterocycles. The van der Waals surface area contributed by atoms with Crippen molar-refractivity contribution in [2.45, 2.75) is 12.6 Å². The van der Waals surface area contributed by atoms with Gasteiger partial charge in [-0.15, -0.1) is 0 Å². The Morgan fingerprint density at radius 3 is 2.67 bits per heavy atom. The lowest BCUT2D eigenvalue weighted by atomic mass is 10.1. The van der Waals surface area contributed by atoms with Gasteiger partial charge in [-0.05, 0) is 5.56 Å². The summed E-state index contributed by atoms with van der Waals surface area (Å²) in [5, 5.41) is 18.4. The average molecular weight is 202 g/mol. The van der Waals surface area contributed by atoms with Crippen LogP contribution in [-0.4, -0.2) is 29.2 Å². The topological polar surface area (TPSA) is 47.3 Å². The van der Waals surface area contributed by atoms with E-state index in [1.807, 2.05) is 18.2 Å². The van der Waals surface area contributed by atoms with Gasteiger partial charge in [0.2, 0.25) is 0 Å². The van der Waals surface area contributed by atoms with Crippen molar-refractivity contribution in [2.75, 3.05) is 13.1 Å². The highest BCUT2D eigenvalue weighted by atomic mass is 16.3. The Hall–Kier alpha value is -1.37. The van der Waals surface area contributed by atoms with Crippen LogP contribution in [0.3, 0.4) is 0 Å². The van der Waals surface area contributed by atoms with Crippen LogP contribution in [-0.2, 0) is 6.54 Å². The molecular formula is C12H14N2O. The summed E-state index contributed by atoms with van der Waals surface area (Å²) in [6.07, 6.45) is -0.487. The quantitative estimate of drug-likeness (QED) is 0.778. The summed E-state index contributed by atoms with van der Waals surface area (Å²) in [4.78, 5) is 2.12. The van der Waals surface area contributed by atoms with E-state index in [1.54, 1.807) is 0 Å². The summed E-state index contributed by atoms with van der Waals surface area (Å²) in [5.41, 5.74) is 1.23. The fourth-order valence-electron chi connectivity index (χ4n) is 1.96. The molecule has 2 rings (SSSR count). The van der Waals surface area contributed by atoms with Gasteiger partial charge >= 0.3 is 0 Å². The molecule has 0 amide bonds. The van der Waals surface area contributed by atoms with Crippen LogP contribution < -0.4 is 0 Å². The van der Waals surface area contributed by atoms with Crippen molar-refractivity contribution >= 4 is 0 Å². The molecule has 2 unspecified atom stereocenters. The van der Waals surface area contributed by atoms with E-state index in [9.17, 15) is 5.11 Å². The molecule has 1 saturated heterocycles. The van der Waals surface area contributed by atoms with Gasteiger partial charge in [-0.2, -0.15) is 5.26 Å². The molecule has 1 fully saturated rings. The molecule has 0 radical (unpaired) electrons. The van der Waals surface area contributed by atoms with Gasteiger partial charge in [0, 0.05) is 19.6 Å². The molecule has 1 aliphatic rings. The summed E-state index contributed by atoms with van der Waals surface area (Å²) in [6.45, 7) is 2.09. The normalized spacial score (nSPS) is 26.4. The first-order chi connectivity index (χ1) is 7.29. The van der Waals surface area contributed by atoms with Gasteiger partial charge in [-0.3, -0.25) is 4.90 Å². The van der Waals surface area contributed by atoms with E-state index >= 15 is 0 Å². The Morgan fingerprint density at radius 1 is 1.33 bits per heavy atom. The second-order valence-electron chi connectivity index (χ2n) is 3.98. The number of β-amino-alcohol motifs (C(OH)–C–C–N with tert-alkyl or cyclic N) is 1. The number of aliphatic hydroxyl groups is 1. The molecule has 2 atom stereocenters. The van der Waals surface area contributed by atoms with Gasteiger partial charge in [0.25, 0.3) is 0 Å². The van der Waals surface area contributed by atoms with E-state index in [1.165, 1.54) is 5.56 Å². The zero-order valence-corrected chi connectivity index (χ0v) is 8.50. The van der Waals surface area contributed by atoms with Crippen molar-refractivity contribution in [3.63, 3.8) is 0 Å². The number of hydrogen-bond donors (Lipinski definition) is 1. The van der Waals surface area contributed by atoms with E-state index in [0.717, 1.165) is 6.54 Å². The molecule has 1 aliphatic heterocycles. The van der Waals surface area contributed by atoms with Crippen LogP contribution in [0.1, 0.15) is 5.56 Å². The fraction of sp³-hybridized carbons (Fsp3) is 0.417. The van der Waals surface area contributed by atoms with Gasteiger partial charge in [0.15, 0.2) is 0 Å². The third-order valence-corrected chi connectivity index (χ3v) is 2.78. The molecule has 3 nitrogen and oxygen atoms in total. The van der Waals surface area contributed by atoms with Crippen LogP contribution in [0.4, 0.5) is 0 Å². The second kappa shape index (κ2) is 4.43. The van der Waals surface area contributed by atoms with E-state index in [4.69, 9.17) is 5.26 Å². The third kappa shape index (κ3) is 2.35. The standard InChI is InChI=1S/C12H14N2O/c13-6-11-8-14(9-12(11)15)7-10-4-2-1-3-5-10/h1-5,11-12,15H,7-9H2. The first-order valence-corrected chi connectivity index (χ1v) is 5.13. The summed E-state index contributed by atoms with van der Waals surface area (Å²) >= 11 is 0. The fourth-order valence-corrected chi connectivity index (χ4v) is 1.96. The van der Waals surface area contributed by atoms with Crippen LogP contribution in [0.2, 0.25) is 0 Å². The number of likely N-dealkylation sites (tertiary alicyclic amines) is 1. The largest absolute Gasteiger partial charge is 0.390 e. The number of benzene rings is 1. The van der Waals surface area contributed by atoms with Crippen molar-refractivity contribution in [1.29, 1.82) is 5.26 Å². The lowest BCUT2D eigenvalue weighted by Gasteiger charge is -2.14. The maximum atomic E-state index is 9.57. The van der Waals surface area contributed by atoms with E-state index in [2.05, 4.69) is 23.1 Å². The maximum absolute atomic E-state index is 9.57. The van der Waals surface area contributed by atoms with Crippen molar-refractivity contribution in [2.24, 2.45) is 5.92 Å². The molecule has 3 heteroatoms. The average Bonchev–Trinajstić information content (AvgIpc) is 2.60. The van der Waals surface area contributed by atoms with E-state index < -0.39 is 6.10 Å². The van der Waals surface area contributed by atoms with Crippen LogP contribution in [0.5, 0.6) is 0 Å². The molecule has 0 bridgehead atoms. The molecular weight excluding hydrogens is 188 g/mol. The minimum Gasteiger partial charge on any atom is -0.390 e. The molecule has 1 N–H and O–H groups in total. The van der Waals surface area contributed by atoms with Gasteiger partial charge in [-0.25, -0.2) is 0 Å². The van der Waals surface area contributed by atoms with Crippen molar-refractivity contribution in [1.82, 2.24) is 4.90 Å². The summed E-state index contributed by atoms with van der Waals surface area (Å²) < 4.78 is 0. The highest BCUT2D eigenvalue weighted by molar-refractivity contribution is 5.15. The number of aliphatic hydroxyl groups excluding tert-OH is 1. The van der Waals surface area contributed by atoms with Gasteiger partial charge in [-0.1, -0.05) is 30.3 Å². The predicted octanol–water partition coefficient (Wildman–Crippen LogP) is 1.00. The number of rotatable bonds is 2. The number of hydrogen-bond acceptors (Lipinski definition) is 3. The molecule has 0 saturated carbocycles. The van der Waals surface area contributed by atoms with E-state index in [-0.39, 0.29) is 5.92 Å². The zero-order valence-electron chi connectivity index (χ0n) is 8.50. The molecule has 1 heterocycles. The van der Waals surface area contributed by atoms with Gasteiger partial charge in [0.05, 0.1) is 18.1 Å². The highest BCUT2D eigenvalue weighted by Crippen LogP contribution is 2.18. The van der Waals surface area contributed by atoms with Crippen molar-refractivity contribution < 1.29 is 5.11 Å². The summed E-state index contributed by atoms with van der Waals surface area (Å²) in [7, 11) is 0. The number of nitrogens with zero attached hydrogens (tertiary/aromatic N) is 2. The highest BCUT2D eigenvalue weighted by Gasteiger charge is 2.30. The molecule has 0 spiro atoms. The van der Waals surface area contributed by atoms with Crippen molar-refractivity contribution in [3.05, 3.63) is 35.9 Å². The molecule has 15 heavy (non-hydrogen) atoms. The van der Waals surface area contributed by atoms with Crippen LogP contribution in [0.25, 0.3) is 0 Å². The first-order valence-electron chi connectivity index (χ1n) is 5.13. The summed E-state index contributed by atoms with van der Waals surface area (Å²) in [6, 6.07) is 12.3. The maximum Gasteiger partial charge on any atom is 0.0862 e. The number of nitriles is 1. The Balaban J connectivity index is 1.96. The lowest BCUT2D eigenvalue weighted by Crippen LogP contribution is -2.21. The Kier molecular flexibility index (Phi) is 3.00. The summed E-state index contributed by atoms with van der Waals surface area (Å²) in [5.74, 6) is -0.228. The molecule has 78 valence electrons. The molecule has 0 aliphatic carbocycles. The Labute approximate surface area is 89.6 Å². The first kappa shape index (κ1) is 10.2. The third-order valence-electron chi connectivity index (χ3n) is 2.78. The SMILES string of the molecule is N#CC1CN(Cc2ccccc2)CC1O. The van der Waals surface area contributed by atoms with Crippen molar-refractivity contribution in [3.8, 4) is 6.07 Å². The molecule has 1 aromatic carbocycles. The van der Waals surface area contributed by atoms with Gasteiger partial charge in [0.1, 0.15) is 0 Å². The van der Waals surface area contributed by atoms with Crippen LogP contribution in [0, 0.1) is 17.2 Å². The molecule has 1 aromatic rings. The zero-order chi connectivity index (χ0) is 10.7. The lowest BCUT2D eigenvalue weighted by molar-refractivity contribution is 0.158. The van der Waals surface area contributed by atoms with Crippen LogP contribution >= 0.6 is 0 Å². The second-order valence-corrected chi connectivity index (χ2v) is 3.98.